The highest BCUT2D eigenvalue weighted by Gasteiger charge is 2.15. The van der Waals surface area contributed by atoms with Gasteiger partial charge in [-0.15, -0.1) is 0 Å². The Morgan fingerprint density at radius 1 is 1.06 bits per heavy atom. The van der Waals surface area contributed by atoms with E-state index < -0.39 is 0 Å². The first-order valence-corrected chi connectivity index (χ1v) is 6.06. The highest BCUT2D eigenvalue weighted by Crippen LogP contribution is 2.27. The normalized spacial score (nSPS) is 11.1. The summed E-state index contributed by atoms with van der Waals surface area (Å²) in [5.41, 5.74) is 2.19. The van der Waals surface area contributed by atoms with Gasteiger partial charge in [-0.3, -0.25) is 0 Å². The molecule has 18 heavy (non-hydrogen) atoms. The van der Waals surface area contributed by atoms with Gasteiger partial charge in [-0.2, -0.15) is 14.6 Å². The molecule has 6 heteroatoms. The second-order valence-corrected chi connectivity index (χ2v) is 4.53. The lowest BCUT2D eigenvalue weighted by atomic mass is 10.2. The van der Waals surface area contributed by atoms with Crippen LogP contribution >= 0.6 is 23.2 Å². The summed E-state index contributed by atoms with van der Waals surface area (Å²) >= 11 is 12.2. The molecule has 0 aliphatic heterocycles. The number of fused-ring (bicyclic) bond motifs is 1. The molecule has 1 aromatic carbocycles. The Hall–Kier alpha value is -1.65. The zero-order valence-electron chi connectivity index (χ0n) is 9.43. The molecule has 0 aliphatic rings. The van der Waals surface area contributed by atoms with Crippen molar-refractivity contribution in [2.24, 2.45) is 0 Å². The highest BCUT2D eigenvalue weighted by molar-refractivity contribution is 6.32. The van der Waals surface area contributed by atoms with Crippen LogP contribution in [-0.2, 0) is 0 Å². The van der Waals surface area contributed by atoms with E-state index in [1.54, 1.807) is 6.92 Å². The van der Waals surface area contributed by atoms with Crippen molar-refractivity contribution in [1.29, 1.82) is 0 Å². The number of benzene rings is 1. The lowest BCUT2D eigenvalue weighted by Crippen LogP contribution is -1.98. The van der Waals surface area contributed by atoms with Gasteiger partial charge in [-0.05, 0) is 6.92 Å². The van der Waals surface area contributed by atoms with Gasteiger partial charge in [0.15, 0.2) is 10.3 Å². The third kappa shape index (κ3) is 1.74. The fraction of sp³-hybridized carbons (Fsp3) is 0.0833. The Kier molecular flexibility index (Phi) is 2.69. The largest absolute Gasteiger partial charge is 0.254 e. The molecule has 0 N–H and O–H groups in total. The molecule has 0 amide bonds. The molecular formula is C12H8Cl2N4. The minimum absolute atomic E-state index is 0.337. The average molecular weight is 279 g/mol. The lowest BCUT2D eigenvalue weighted by Gasteiger charge is -1.98. The number of hydrogen-bond acceptors (Lipinski definition) is 3. The van der Waals surface area contributed by atoms with Crippen LogP contribution in [0, 0.1) is 6.92 Å². The van der Waals surface area contributed by atoms with Gasteiger partial charge in [0.05, 0.1) is 5.69 Å². The van der Waals surface area contributed by atoms with E-state index in [4.69, 9.17) is 23.2 Å². The molecule has 2 aromatic heterocycles. The standard InChI is InChI=1S/C12H8Cl2N4/c1-7-10(13)16-12-15-9(11(14)18(12)17-7)8-5-3-2-4-6-8/h2-6H,1H3. The van der Waals surface area contributed by atoms with Crippen LogP contribution in [0.4, 0.5) is 0 Å². The van der Waals surface area contributed by atoms with Gasteiger partial charge in [0.2, 0.25) is 0 Å². The maximum Gasteiger partial charge on any atom is 0.254 e. The molecule has 0 unspecified atom stereocenters. The van der Waals surface area contributed by atoms with Gasteiger partial charge in [-0.25, -0.2) is 4.98 Å². The van der Waals surface area contributed by atoms with Crippen LogP contribution in [0.2, 0.25) is 10.3 Å². The number of rotatable bonds is 1. The predicted octanol–water partition coefficient (Wildman–Crippen LogP) is 3.41. The van der Waals surface area contributed by atoms with Crippen molar-refractivity contribution in [2.45, 2.75) is 6.92 Å². The van der Waals surface area contributed by atoms with E-state index in [0.29, 0.717) is 27.5 Å². The van der Waals surface area contributed by atoms with Gasteiger partial charge < -0.3 is 0 Å². The zero-order chi connectivity index (χ0) is 12.7. The Morgan fingerprint density at radius 3 is 2.50 bits per heavy atom. The monoisotopic (exact) mass is 278 g/mol. The first-order valence-electron chi connectivity index (χ1n) is 5.30. The number of hydrogen-bond donors (Lipinski definition) is 0. The molecule has 90 valence electrons. The summed E-state index contributed by atoms with van der Waals surface area (Å²) in [6.07, 6.45) is 0. The van der Waals surface area contributed by atoms with Crippen molar-refractivity contribution in [3.05, 3.63) is 46.3 Å². The van der Waals surface area contributed by atoms with Gasteiger partial charge in [-0.1, -0.05) is 53.5 Å². The molecule has 0 saturated heterocycles. The summed E-state index contributed by atoms with van der Waals surface area (Å²) in [6.45, 7) is 1.77. The van der Waals surface area contributed by atoms with Gasteiger partial charge >= 0.3 is 0 Å². The van der Waals surface area contributed by atoms with Crippen molar-refractivity contribution >= 4 is 29.0 Å². The minimum atomic E-state index is 0.337. The fourth-order valence-corrected chi connectivity index (χ4v) is 2.06. The Morgan fingerprint density at radius 2 is 1.78 bits per heavy atom. The molecule has 4 nitrogen and oxygen atoms in total. The van der Waals surface area contributed by atoms with Crippen molar-refractivity contribution in [3.8, 4) is 11.3 Å². The van der Waals surface area contributed by atoms with E-state index in [0.717, 1.165) is 5.56 Å². The van der Waals surface area contributed by atoms with Crippen LogP contribution in [0.25, 0.3) is 17.0 Å². The third-order valence-corrected chi connectivity index (χ3v) is 3.27. The van der Waals surface area contributed by atoms with Crippen LogP contribution in [0.3, 0.4) is 0 Å². The summed E-state index contributed by atoms with van der Waals surface area (Å²) in [5.74, 6) is 0.398. The number of aryl methyl sites for hydroxylation is 1. The van der Waals surface area contributed by atoms with E-state index in [1.807, 2.05) is 30.3 Å². The lowest BCUT2D eigenvalue weighted by molar-refractivity contribution is 0.869. The predicted molar refractivity (Wildman–Crippen MR) is 71.0 cm³/mol. The number of halogens is 2. The number of imidazole rings is 1. The molecular weight excluding hydrogens is 271 g/mol. The Labute approximate surface area is 113 Å². The van der Waals surface area contributed by atoms with Crippen LogP contribution in [0.1, 0.15) is 5.69 Å². The van der Waals surface area contributed by atoms with Crippen molar-refractivity contribution in [1.82, 2.24) is 19.6 Å². The maximum absolute atomic E-state index is 6.27. The van der Waals surface area contributed by atoms with Gasteiger partial charge in [0, 0.05) is 5.56 Å². The van der Waals surface area contributed by atoms with Gasteiger partial charge in [0.25, 0.3) is 5.78 Å². The summed E-state index contributed by atoms with van der Waals surface area (Å²) in [7, 11) is 0. The summed E-state index contributed by atoms with van der Waals surface area (Å²) in [4.78, 5) is 8.51. The van der Waals surface area contributed by atoms with E-state index in [2.05, 4.69) is 15.1 Å². The zero-order valence-corrected chi connectivity index (χ0v) is 10.9. The van der Waals surface area contributed by atoms with E-state index in [-0.39, 0.29) is 0 Å². The second-order valence-electron chi connectivity index (χ2n) is 3.82. The van der Waals surface area contributed by atoms with Gasteiger partial charge in [0.1, 0.15) is 5.69 Å². The number of nitrogens with zero attached hydrogens (tertiary/aromatic N) is 4. The summed E-state index contributed by atoms with van der Waals surface area (Å²) in [5, 5.41) is 5.02. The molecule has 3 aromatic rings. The SMILES string of the molecule is Cc1nn2c(Cl)c(-c3ccccc3)nc2nc1Cl. The molecule has 0 atom stereocenters. The highest BCUT2D eigenvalue weighted by atomic mass is 35.5. The smallest absolute Gasteiger partial charge is 0.208 e. The summed E-state index contributed by atoms with van der Waals surface area (Å²) < 4.78 is 1.49. The van der Waals surface area contributed by atoms with Crippen molar-refractivity contribution in [2.75, 3.05) is 0 Å². The van der Waals surface area contributed by atoms with Crippen LogP contribution in [-0.4, -0.2) is 19.6 Å². The van der Waals surface area contributed by atoms with Crippen LogP contribution < -0.4 is 0 Å². The Balaban J connectivity index is 2.30. The van der Waals surface area contributed by atoms with Crippen LogP contribution in [0.15, 0.2) is 30.3 Å². The first kappa shape index (κ1) is 11.4. The molecule has 0 saturated carbocycles. The molecule has 2 heterocycles. The Bertz CT molecular complexity index is 722. The third-order valence-electron chi connectivity index (χ3n) is 2.58. The quantitative estimate of drug-likeness (QED) is 0.685. The fourth-order valence-electron chi connectivity index (χ4n) is 1.68. The molecule has 0 aliphatic carbocycles. The molecule has 0 spiro atoms. The average Bonchev–Trinajstić information content (AvgIpc) is 2.69. The van der Waals surface area contributed by atoms with Crippen LogP contribution in [0.5, 0.6) is 0 Å². The molecule has 0 bridgehead atoms. The minimum Gasteiger partial charge on any atom is -0.208 e. The molecule has 0 fully saturated rings. The topological polar surface area (TPSA) is 43.1 Å². The molecule has 0 radical (unpaired) electrons. The van der Waals surface area contributed by atoms with Crippen molar-refractivity contribution < 1.29 is 0 Å². The maximum atomic E-state index is 6.27. The number of aromatic nitrogens is 4. The van der Waals surface area contributed by atoms with E-state index in [9.17, 15) is 0 Å². The van der Waals surface area contributed by atoms with E-state index >= 15 is 0 Å². The first-order chi connectivity index (χ1) is 8.66. The van der Waals surface area contributed by atoms with Crippen molar-refractivity contribution in [3.63, 3.8) is 0 Å². The van der Waals surface area contributed by atoms with E-state index in [1.165, 1.54) is 4.52 Å². The second kappa shape index (κ2) is 4.23. The summed E-state index contributed by atoms with van der Waals surface area (Å²) in [6, 6.07) is 9.65. The molecule has 3 rings (SSSR count).